The summed E-state index contributed by atoms with van der Waals surface area (Å²) >= 11 is 0. The van der Waals surface area contributed by atoms with Gasteiger partial charge in [0.15, 0.2) is 0 Å². The Bertz CT molecular complexity index is 500. The van der Waals surface area contributed by atoms with E-state index in [0.29, 0.717) is 24.3 Å². The Labute approximate surface area is 125 Å². The third kappa shape index (κ3) is 5.19. The third-order valence-electron chi connectivity index (χ3n) is 3.55. The molecule has 5 nitrogen and oxygen atoms in total. The average molecular weight is 292 g/mol. The first-order valence-electron chi connectivity index (χ1n) is 7.19. The van der Waals surface area contributed by atoms with E-state index in [0.717, 1.165) is 24.8 Å². The Morgan fingerprint density at radius 2 is 2.00 bits per heavy atom. The van der Waals surface area contributed by atoms with E-state index in [-0.39, 0.29) is 11.7 Å². The summed E-state index contributed by atoms with van der Waals surface area (Å²) in [5.74, 6) is 0.0233. The number of ether oxygens (including phenoxy) is 1. The molecule has 0 aliphatic rings. The van der Waals surface area contributed by atoms with E-state index in [1.54, 1.807) is 18.2 Å². The molecule has 1 rings (SSSR count). The summed E-state index contributed by atoms with van der Waals surface area (Å²) in [5, 5.41) is 0. The number of Topliss-reactive ketones (excluding diaryl/α,β-unsaturated/α-hetero) is 1. The molecule has 0 aliphatic heterocycles. The Hall–Kier alpha value is -1.88. The lowest BCUT2D eigenvalue weighted by atomic mass is 9.94. The molecular formula is C16H24N2O3. The number of unbranched alkanes of at least 4 members (excludes halogenated alkanes) is 1. The number of nitrogens with two attached hydrogens (primary N) is 2. The van der Waals surface area contributed by atoms with Crippen LogP contribution in [0, 0.1) is 5.92 Å². The van der Waals surface area contributed by atoms with Crippen LogP contribution in [0.25, 0.3) is 0 Å². The zero-order valence-electron chi connectivity index (χ0n) is 12.7. The van der Waals surface area contributed by atoms with Crippen LogP contribution in [0.1, 0.15) is 42.1 Å². The van der Waals surface area contributed by atoms with Gasteiger partial charge in [0.25, 0.3) is 5.91 Å². The molecule has 0 saturated carbocycles. The minimum absolute atomic E-state index is 0.00400. The van der Waals surface area contributed by atoms with Crippen LogP contribution < -0.4 is 16.2 Å². The van der Waals surface area contributed by atoms with Gasteiger partial charge in [0.05, 0.1) is 12.7 Å². The highest BCUT2D eigenvalue weighted by Crippen LogP contribution is 2.21. The average Bonchev–Trinajstić information content (AvgIpc) is 2.47. The Morgan fingerprint density at radius 1 is 1.29 bits per heavy atom. The smallest absolute Gasteiger partial charge is 0.252 e. The minimum Gasteiger partial charge on any atom is -0.496 e. The SMILES string of the molecule is COc1ccc(CC(=O)[C@@H](C)CCCCN)cc1C(N)=O. The van der Waals surface area contributed by atoms with Gasteiger partial charge in [0, 0.05) is 12.3 Å². The number of rotatable bonds is 9. The Balaban J connectivity index is 2.72. The lowest BCUT2D eigenvalue weighted by Crippen LogP contribution is -2.16. The number of ketones is 1. The van der Waals surface area contributed by atoms with E-state index in [9.17, 15) is 9.59 Å². The van der Waals surface area contributed by atoms with Gasteiger partial charge in [0.1, 0.15) is 11.5 Å². The van der Waals surface area contributed by atoms with Gasteiger partial charge in [-0.05, 0) is 37.1 Å². The fourth-order valence-electron chi connectivity index (χ4n) is 2.19. The summed E-state index contributed by atoms with van der Waals surface area (Å²) in [6.07, 6.45) is 3.04. The largest absolute Gasteiger partial charge is 0.496 e. The van der Waals surface area contributed by atoms with Crippen molar-refractivity contribution in [1.82, 2.24) is 0 Å². The monoisotopic (exact) mass is 292 g/mol. The van der Waals surface area contributed by atoms with Crippen LogP contribution in [-0.4, -0.2) is 25.3 Å². The molecule has 0 radical (unpaired) electrons. The van der Waals surface area contributed by atoms with E-state index in [1.807, 2.05) is 6.92 Å². The molecule has 1 atom stereocenters. The van der Waals surface area contributed by atoms with Gasteiger partial charge < -0.3 is 16.2 Å². The van der Waals surface area contributed by atoms with Crippen molar-refractivity contribution >= 4 is 11.7 Å². The maximum atomic E-state index is 12.2. The number of benzene rings is 1. The lowest BCUT2D eigenvalue weighted by Gasteiger charge is -2.11. The molecular weight excluding hydrogens is 268 g/mol. The maximum Gasteiger partial charge on any atom is 0.252 e. The molecule has 1 aromatic carbocycles. The zero-order valence-corrected chi connectivity index (χ0v) is 12.7. The first-order chi connectivity index (χ1) is 9.99. The number of hydrogen-bond donors (Lipinski definition) is 2. The van der Waals surface area contributed by atoms with E-state index < -0.39 is 5.91 Å². The van der Waals surface area contributed by atoms with Crippen LogP contribution in [0.2, 0.25) is 0 Å². The second kappa shape index (κ2) is 8.42. The van der Waals surface area contributed by atoms with Crippen molar-refractivity contribution in [1.29, 1.82) is 0 Å². The minimum atomic E-state index is -0.558. The summed E-state index contributed by atoms with van der Waals surface area (Å²) in [5.41, 5.74) is 11.8. The van der Waals surface area contributed by atoms with Crippen LogP contribution in [0.15, 0.2) is 18.2 Å². The Morgan fingerprint density at radius 3 is 2.57 bits per heavy atom. The molecule has 0 spiro atoms. The van der Waals surface area contributed by atoms with E-state index in [1.165, 1.54) is 7.11 Å². The normalized spacial score (nSPS) is 12.0. The van der Waals surface area contributed by atoms with E-state index >= 15 is 0 Å². The number of hydrogen-bond acceptors (Lipinski definition) is 4. The summed E-state index contributed by atoms with van der Waals surface area (Å²) < 4.78 is 5.08. The standard InChI is InChI=1S/C16H24N2O3/c1-11(5-3-4-8-17)14(19)10-12-6-7-15(21-2)13(9-12)16(18)20/h6-7,9,11H,3-5,8,10,17H2,1-2H3,(H2,18,20)/t11-/m0/s1. The topological polar surface area (TPSA) is 95.4 Å². The van der Waals surface area contributed by atoms with Crippen molar-refractivity contribution < 1.29 is 14.3 Å². The molecule has 116 valence electrons. The van der Waals surface area contributed by atoms with Crippen LogP contribution >= 0.6 is 0 Å². The fraction of sp³-hybridized carbons (Fsp3) is 0.500. The first kappa shape index (κ1) is 17.2. The second-order valence-corrected chi connectivity index (χ2v) is 5.23. The number of methoxy groups -OCH3 is 1. The highest BCUT2D eigenvalue weighted by molar-refractivity contribution is 5.96. The molecule has 0 bridgehead atoms. The fourth-order valence-corrected chi connectivity index (χ4v) is 2.19. The van der Waals surface area contributed by atoms with Crippen molar-refractivity contribution in [2.45, 2.75) is 32.6 Å². The third-order valence-corrected chi connectivity index (χ3v) is 3.55. The first-order valence-corrected chi connectivity index (χ1v) is 7.19. The molecule has 0 saturated heterocycles. The lowest BCUT2D eigenvalue weighted by molar-refractivity contribution is -0.121. The molecule has 1 amide bonds. The molecule has 5 heteroatoms. The van der Waals surface area contributed by atoms with Gasteiger partial charge in [-0.15, -0.1) is 0 Å². The highest BCUT2D eigenvalue weighted by atomic mass is 16.5. The highest BCUT2D eigenvalue weighted by Gasteiger charge is 2.15. The van der Waals surface area contributed by atoms with Gasteiger partial charge in [-0.3, -0.25) is 9.59 Å². The molecule has 0 unspecified atom stereocenters. The number of amides is 1. The van der Waals surface area contributed by atoms with E-state index in [2.05, 4.69) is 0 Å². The van der Waals surface area contributed by atoms with Crippen LogP contribution in [0.3, 0.4) is 0 Å². The summed E-state index contributed by atoms with van der Waals surface area (Å²) in [6.45, 7) is 2.58. The van der Waals surface area contributed by atoms with Gasteiger partial charge in [-0.2, -0.15) is 0 Å². The van der Waals surface area contributed by atoms with Crippen LogP contribution in [0.4, 0.5) is 0 Å². The van der Waals surface area contributed by atoms with Crippen LogP contribution in [-0.2, 0) is 11.2 Å². The van der Waals surface area contributed by atoms with Crippen molar-refractivity contribution in [3.63, 3.8) is 0 Å². The predicted octanol–water partition coefficient (Wildman–Crippen LogP) is 1.67. The van der Waals surface area contributed by atoms with Crippen molar-refractivity contribution in [3.8, 4) is 5.75 Å². The van der Waals surface area contributed by atoms with Gasteiger partial charge in [-0.1, -0.05) is 19.4 Å². The zero-order chi connectivity index (χ0) is 15.8. The van der Waals surface area contributed by atoms with Crippen LogP contribution in [0.5, 0.6) is 5.75 Å². The number of carbonyl (C=O) groups excluding carboxylic acids is 2. The molecule has 0 aliphatic carbocycles. The molecule has 21 heavy (non-hydrogen) atoms. The number of primary amides is 1. The Kier molecular flexibility index (Phi) is 6.88. The summed E-state index contributed by atoms with van der Waals surface area (Å²) in [6, 6.07) is 5.09. The van der Waals surface area contributed by atoms with Crippen molar-refractivity contribution in [3.05, 3.63) is 29.3 Å². The quantitative estimate of drug-likeness (QED) is 0.677. The number of carbonyl (C=O) groups is 2. The van der Waals surface area contributed by atoms with Gasteiger partial charge >= 0.3 is 0 Å². The molecule has 4 N–H and O–H groups in total. The molecule has 1 aromatic rings. The van der Waals surface area contributed by atoms with Crippen molar-refractivity contribution in [2.75, 3.05) is 13.7 Å². The predicted molar refractivity (Wildman–Crippen MR) is 82.3 cm³/mol. The van der Waals surface area contributed by atoms with E-state index in [4.69, 9.17) is 16.2 Å². The summed E-state index contributed by atoms with van der Waals surface area (Å²) in [7, 11) is 1.48. The second-order valence-electron chi connectivity index (χ2n) is 5.23. The van der Waals surface area contributed by atoms with Gasteiger partial charge in [-0.25, -0.2) is 0 Å². The summed E-state index contributed by atoms with van der Waals surface area (Å²) in [4.78, 5) is 23.5. The van der Waals surface area contributed by atoms with Crippen molar-refractivity contribution in [2.24, 2.45) is 17.4 Å². The molecule has 0 fully saturated rings. The maximum absolute atomic E-state index is 12.2. The molecule has 0 aromatic heterocycles. The molecule has 0 heterocycles. The van der Waals surface area contributed by atoms with Gasteiger partial charge in [0.2, 0.25) is 0 Å².